The molecule has 7 nitrogen and oxygen atoms in total. The van der Waals surface area contributed by atoms with Crippen molar-refractivity contribution in [3.05, 3.63) is 44.5 Å². The summed E-state index contributed by atoms with van der Waals surface area (Å²) in [7, 11) is 3.11. The molecule has 8 heteroatoms. The van der Waals surface area contributed by atoms with E-state index in [2.05, 4.69) is 26.2 Å². The number of ether oxygens (including phenoxy) is 2. The van der Waals surface area contributed by atoms with E-state index in [4.69, 9.17) is 9.47 Å². The van der Waals surface area contributed by atoms with Gasteiger partial charge in [0.2, 0.25) is 0 Å². The van der Waals surface area contributed by atoms with E-state index < -0.39 is 4.92 Å². The Labute approximate surface area is 135 Å². The van der Waals surface area contributed by atoms with Crippen LogP contribution in [0.2, 0.25) is 0 Å². The molecule has 1 N–H and O–H groups in total. The number of rotatable bonds is 5. The van der Waals surface area contributed by atoms with Crippen LogP contribution in [0.4, 0.5) is 17.2 Å². The van der Waals surface area contributed by atoms with Gasteiger partial charge in [0.25, 0.3) is 5.69 Å². The summed E-state index contributed by atoms with van der Waals surface area (Å²) in [6.07, 6.45) is 1.23. The predicted octanol–water partition coefficient (Wildman–Crippen LogP) is 3.82. The second-order valence-electron chi connectivity index (χ2n) is 4.43. The van der Waals surface area contributed by atoms with E-state index in [0.717, 1.165) is 0 Å². The highest BCUT2D eigenvalue weighted by Crippen LogP contribution is 2.38. The quantitative estimate of drug-likeness (QED) is 0.638. The number of methoxy groups -OCH3 is 2. The topological polar surface area (TPSA) is 86.5 Å². The van der Waals surface area contributed by atoms with Crippen LogP contribution in [0.25, 0.3) is 0 Å². The van der Waals surface area contributed by atoms with Gasteiger partial charge in [0.05, 0.1) is 19.1 Å². The van der Waals surface area contributed by atoms with Crippen LogP contribution in [-0.2, 0) is 0 Å². The summed E-state index contributed by atoms with van der Waals surface area (Å²) in [5, 5.41) is 13.9. The molecule has 0 saturated heterocycles. The molecule has 0 atom stereocenters. The molecule has 1 aromatic heterocycles. The molecule has 0 unspecified atom stereocenters. The van der Waals surface area contributed by atoms with E-state index in [9.17, 15) is 10.1 Å². The summed E-state index contributed by atoms with van der Waals surface area (Å²) in [5.41, 5.74) is 1.20. The minimum atomic E-state index is -0.461. The van der Waals surface area contributed by atoms with Gasteiger partial charge >= 0.3 is 0 Å². The largest absolute Gasteiger partial charge is 0.495 e. The monoisotopic (exact) mass is 367 g/mol. The van der Waals surface area contributed by atoms with Gasteiger partial charge in [0.1, 0.15) is 28.0 Å². The number of nitrogens with zero attached hydrogens (tertiary/aromatic N) is 2. The number of pyridine rings is 1. The summed E-state index contributed by atoms with van der Waals surface area (Å²) in [6, 6.07) is 5.15. The minimum absolute atomic E-state index is 0.0171. The first-order valence-corrected chi connectivity index (χ1v) is 7.05. The van der Waals surface area contributed by atoms with Crippen LogP contribution in [0.5, 0.6) is 11.5 Å². The number of hydrogen-bond donors (Lipinski definition) is 1. The van der Waals surface area contributed by atoms with Crippen molar-refractivity contribution in [3.63, 3.8) is 0 Å². The van der Waals surface area contributed by atoms with Crippen molar-refractivity contribution in [2.24, 2.45) is 0 Å². The minimum Gasteiger partial charge on any atom is -0.495 e. The average Bonchev–Trinajstić information content (AvgIpc) is 2.48. The molecule has 0 fully saturated rings. The molecule has 0 aliphatic rings. The first-order valence-electron chi connectivity index (χ1n) is 6.26. The lowest BCUT2D eigenvalue weighted by molar-refractivity contribution is -0.385. The van der Waals surface area contributed by atoms with Gasteiger partial charge in [-0.1, -0.05) is 0 Å². The first kappa shape index (κ1) is 16.0. The summed E-state index contributed by atoms with van der Waals surface area (Å²) >= 11 is 3.39. The molecule has 0 amide bonds. The second-order valence-corrected chi connectivity index (χ2v) is 5.23. The lowest BCUT2D eigenvalue weighted by Gasteiger charge is -2.13. The zero-order valence-electron chi connectivity index (χ0n) is 12.2. The van der Waals surface area contributed by atoms with Crippen molar-refractivity contribution in [2.75, 3.05) is 19.5 Å². The molecule has 2 rings (SSSR count). The number of benzene rings is 1. The highest BCUT2D eigenvalue weighted by atomic mass is 79.9. The lowest BCUT2D eigenvalue weighted by atomic mass is 10.2. The number of aryl methyl sites for hydroxylation is 1. The molecular weight excluding hydrogens is 354 g/mol. The van der Waals surface area contributed by atoms with Crippen molar-refractivity contribution in [3.8, 4) is 11.5 Å². The SMILES string of the molecule is COc1cc(Nc2cc(C)c([N+](=O)[O-])cn2)cc(OC)c1Br. The fourth-order valence-electron chi connectivity index (χ4n) is 1.90. The van der Waals surface area contributed by atoms with Crippen LogP contribution in [0.1, 0.15) is 5.56 Å². The predicted molar refractivity (Wildman–Crippen MR) is 86.2 cm³/mol. The third kappa shape index (κ3) is 3.28. The Kier molecular flexibility index (Phi) is 4.81. The van der Waals surface area contributed by atoms with Gasteiger partial charge in [-0.25, -0.2) is 4.98 Å². The molecule has 0 aliphatic carbocycles. The second kappa shape index (κ2) is 6.61. The standard InChI is InChI=1S/C14H14BrN3O4/c1-8-4-13(16-7-10(8)18(19)20)17-9-5-11(21-2)14(15)12(6-9)22-3/h4-7H,1-3H3,(H,16,17). The van der Waals surface area contributed by atoms with Crippen LogP contribution >= 0.6 is 15.9 Å². The Balaban J connectivity index is 2.35. The van der Waals surface area contributed by atoms with Crippen LogP contribution in [0.3, 0.4) is 0 Å². The van der Waals surface area contributed by atoms with Gasteiger partial charge in [0, 0.05) is 23.4 Å². The molecule has 0 bridgehead atoms. The molecule has 1 aromatic carbocycles. The molecule has 0 saturated carbocycles. The molecule has 116 valence electrons. The van der Waals surface area contributed by atoms with E-state index in [0.29, 0.717) is 33.0 Å². The Hall–Kier alpha value is -2.35. The Morgan fingerprint density at radius 1 is 1.23 bits per heavy atom. The highest BCUT2D eigenvalue weighted by molar-refractivity contribution is 9.10. The summed E-state index contributed by atoms with van der Waals surface area (Å²) < 4.78 is 11.2. The molecule has 1 heterocycles. The maximum Gasteiger partial charge on any atom is 0.290 e. The molecular formula is C14H14BrN3O4. The zero-order chi connectivity index (χ0) is 16.3. The molecule has 22 heavy (non-hydrogen) atoms. The fourth-order valence-corrected chi connectivity index (χ4v) is 2.45. The average molecular weight is 368 g/mol. The first-order chi connectivity index (χ1) is 10.5. The molecule has 0 radical (unpaired) electrons. The number of nitrogens with one attached hydrogen (secondary N) is 1. The zero-order valence-corrected chi connectivity index (χ0v) is 13.8. The maximum absolute atomic E-state index is 10.8. The normalized spacial score (nSPS) is 10.2. The fraction of sp³-hybridized carbons (Fsp3) is 0.214. The van der Waals surface area contributed by atoms with Crippen LogP contribution in [-0.4, -0.2) is 24.1 Å². The number of aromatic nitrogens is 1. The number of hydrogen-bond acceptors (Lipinski definition) is 6. The van der Waals surface area contributed by atoms with E-state index in [1.165, 1.54) is 6.20 Å². The van der Waals surface area contributed by atoms with Crippen LogP contribution in [0.15, 0.2) is 28.9 Å². The lowest BCUT2D eigenvalue weighted by Crippen LogP contribution is -1.99. The smallest absolute Gasteiger partial charge is 0.290 e. The van der Waals surface area contributed by atoms with Gasteiger partial charge in [0.15, 0.2) is 0 Å². The number of halogens is 1. The van der Waals surface area contributed by atoms with Gasteiger partial charge in [-0.2, -0.15) is 0 Å². The van der Waals surface area contributed by atoms with E-state index in [1.807, 2.05) is 0 Å². The van der Waals surface area contributed by atoms with Gasteiger partial charge in [-0.15, -0.1) is 0 Å². The van der Waals surface area contributed by atoms with E-state index in [-0.39, 0.29) is 5.69 Å². The third-order valence-corrected chi connectivity index (χ3v) is 3.78. The van der Waals surface area contributed by atoms with Crippen LogP contribution < -0.4 is 14.8 Å². The van der Waals surface area contributed by atoms with Crippen LogP contribution in [0, 0.1) is 17.0 Å². The summed E-state index contributed by atoms with van der Waals surface area (Å²) in [5.74, 6) is 1.69. The number of nitro groups is 1. The third-order valence-electron chi connectivity index (χ3n) is 3.00. The maximum atomic E-state index is 10.8. The van der Waals surface area contributed by atoms with Gasteiger partial charge < -0.3 is 14.8 Å². The Bertz CT molecular complexity index is 696. The highest BCUT2D eigenvalue weighted by Gasteiger charge is 2.13. The summed E-state index contributed by atoms with van der Waals surface area (Å²) in [4.78, 5) is 14.4. The van der Waals surface area contributed by atoms with Crippen molar-refractivity contribution in [2.45, 2.75) is 6.92 Å². The molecule has 0 spiro atoms. The van der Waals surface area contributed by atoms with E-state index >= 15 is 0 Å². The van der Waals surface area contributed by atoms with E-state index in [1.54, 1.807) is 39.3 Å². The van der Waals surface area contributed by atoms with Crippen molar-refractivity contribution in [1.82, 2.24) is 4.98 Å². The summed E-state index contributed by atoms with van der Waals surface area (Å²) in [6.45, 7) is 1.66. The Morgan fingerprint density at radius 3 is 2.27 bits per heavy atom. The van der Waals surface area contributed by atoms with Gasteiger partial charge in [-0.05, 0) is 28.9 Å². The van der Waals surface area contributed by atoms with Crippen molar-refractivity contribution in [1.29, 1.82) is 0 Å². The van der Waals surface area contributed by atoms with Crippen molar-refractivity contribution < 1.29 is 14.4 Å². The number of anilines is 2. The van der Waals surface area contributed by atoms with Crippen molar-refractivity contribution >= 4 is 33.1 Å². The van der Waals surface area contributed by atoms with Gasteiger partial charge in [-0.3, -0.25) is 10.1 Å². The molecule has 0 aliphatic heterocycles. The Morgan fingerprint density at radius 2 is 1.82 bits per heavy atom. The molecule has 2 aromatic rings.